The maximum Gasteiger partial charge on any atom is 0.00506 e. The van der Waals surface area contributed by atoms with E-state index in [1.165, 1.54) is 19.3 Å². The summed E-state index contributed by atoms with van der Waals surface area (Å²) in [5.41, 5.74) is 0. The molecule has 1 aliphatic carbocycles. The molecule has 0 nitrogen and oxygen atoms in total. The van der Waals surface area contributed by atoms with Gasteiger partial charge < -0.3 is 0 Å². The fourth-order valence-corrected chi connectivity index (χ4v) is 1.02. The van der Waals surface area contributed by atoms with Crippen molar-refractivity contribution in [1.29, 1.82) is 0 Å². The zero-order chi connectivity index (χ0) is 8.49. The first-order valence-electron chi connectivity index (χ1n) is 4.48. The van der Waals surface area contributed by atoms with Crippen LogP contribution in [-0.2, 0) is 0 Å². The van der Waals surface area contributed by atoms with Crippen LogP contribution in [0, 0.1) is 6.42 Å². The number of allylic oxidation sites excluding steroid dienone is 8. The second-order valence-electron chi connectivity index (χ2n) is 2.75. The predicted molar refractivity (Wildman–Crippen MR) is 54.7 cm³/mol. The molecular weight excluding hydrogens is 144 g/mol. The molecule has 0 aromatic rings. The predicted octanol–water partition coefficient (Wildman–Crippen LogP) is 3.60. The molecule has 0 unspecified atom stereocenters. The third kappa shape index (κ3) is 4.73. The van der Waals surface area contributed by atoms with Gasteiger partial charge in [-0.1, -0.05) is 48.6 Å². The minimum Gasteiger partial charge on any atom is -0.0845 e. The van der Waals surface area contributed by atoms with Crippen molar-refractivity contribution in [3.8, 4) is 0 Å². The van der Waals surface area contributed by atoms with Gasteiger partial charge in [0.05, 0.1) is 0 Å². The van der Waals surface area contributed by atoms with Crippen molar-refractivity contribution in [2.45, 2.75) is 19.3 Å². The van der Waals surface area contributed by atoms with Crippen molar-refractivity contribution in [1.82, 2.24) is 0 Å². The van der Waals surface area contributed by atoms with Gasteiger partial charge in [-0.2, -0.15) is 0 Å². The fraction of sp³-hybridized carbons (Fsp3) is 0.250. The minimum atomic E-state index is 1.18. The van der Waals surface area contributed by atoms with E-state index >= 15 is 0 Å². The zero-order valence-electron chi connectivity index (χ0n) is 7.32. The van der Waals surface area contributed by atoms with Gasteiger partial charge in [-0.05, 0) is 19.3 Å². The van der Waals surface area contributed by atoms with Crippen LogP contribution in [0.5, 0.6) is 0 Å². The Hall–Kier alpha value is -1.04. The highest BCUT2D eigenvalue weighted by atomic mass is 13.9. The first-order chi connectivity index (χ1) is 6.00. The molecule has 0 saturated carbocycles. The van der Waals surface area contributed by atoms with Gasteiger partial charge in [0.15, 0.2) is 0 Å². The summed E-state index contributed by atoms with van der Waals surface area (Å²) >= 11 is 0. The maximum absolute atomic E-state index is 2.21. The summed E-state index contributed by atoms with van der Waals surface area (Å²) in [5, 5.41) is 0. The molecule has 0 spiro atoms. The normalized spacial score (nSPS) is 29.3. The quantitative estimate of drug-likeness (QED) is 0.506. The summed E-state index contributed by atoms with van der Waals surface area (Å²) in [6.45, 7) is 0. The van der Waals surface area contributed by atoms with E-state index in [0.717, 1.165) is 0 Å². The molecule has 0 aliphatic heterocycles. The lowest BCUT2D eigenvalue weighted by molar-refractivity contribution is 0.868. The van der Waals surface area contributed by atoms with Gasteiger partial charge in [0.25, 0.3) is 0 Å². The SMILES string of the molecule is [CH]1/C=C/C=C\CCC/C=C\C=C\1. The molecule has 0 atom stereocenters. The Balaban J connectivity index is 2.42. The maximum atomic E-state index is 2.21. The zero-order valence-corrected chi connectivity index (χ0v) is 7.32. The van der Waals surface area contributed by atoms with Crippen LogP contribution in [0.1, 0.15) is 19.3 Å². The summed E-state index contributed by atoms with van der Waals surface area (Å²) in [4.78, 5) is 0. The molecule has 1 rings (SSSR count). The molecule has 0 fully saturated rings. The van der Waals surface area contributed by atoms with Gasteiger partial charge in [0.2, 0.25) is 0 Å². The lowest BCUT2D eigenvalue weighted by atomic mass is 10.2. The summed E-state index contributed by atoms with van der Waals surface area (Å²) in [5.74, 6) is 0. The molecule has 0 bridgehead atoms. The van der Waals surface area contributed by atoms with Gasteiger partial charge in [-0.25, -0.2) is 0 Å². The first kappa shape index (κ1) is 9.05. The minimum absolute atomic E-state index is 1.18. The van der Waals surface area contributed by atoms with E-state index in [0.29, 0.717) is 0 Å². The summed E-state index contributed by atoms with van der Waals surface area (Å²) < 4.78 is 0. The second kappa shape index (κ2) is 6.66. The van der Waals surface area contributed by atoms with Gasteiger partial charge >= 0.3 is 0 Å². The van der Waals surface area contributed by atoms with Crippen molar-refractivity contribution >= 4 is 0 Å². The summed E-state index contributed by atoms with van der Waals surface area (Å²) in [7, 11) is 0. The van der Waals surface area contributed by atoms with Gasteiger partial charge in [0, 0.05) is 6.42 Å². The Morgan fingerprint density at radius 2 is 1.17 bits per heavy atom. The molecule has 12 heavy (non-hydrogen) atoms. The average Bonchev–Trinajstić information content (AvgIpc) is 2.05. The first-order valence-corrected chi connectivity index (χ1v) is 4.48. The van der Waals surface area contributed by atoms with Crippen LogP contribution in [0.15, 0.2) is 48.6 Å². The van der Waals surface area contributed by atoms with Crippen molar-refractivity contribution in [2.75, 3.05) is 0 Å². The Labute approximate surface area is 75.0 Å². The molecule has 0 aromatic heterocycles. The highest BCUT2D eigenvalue weighted by molar-refractivity contribution is 5.17. The van der Waals surface area contributed by atoms with Crippen LogP contribution in [-0.4, -0.2) is 0 Å². The van der Waals surface area contributed by atoms with E-state index in [1.54, 1.807) is 0 Å². The van der Waals surface area contributed by atoms with Crippen LogP contribution in [0.2, 0.25) is 0 Å². The Kier molecular flexibility index (Phi) is 5.02. The average molecular weight is 159 g/mol. The molecule has 0 heterocycles. The van der Waals surface area contributed by atoms with Crippen molar-refractivity contribution in [3.05, 3.63) is 55.0 Å². The smallest absolute Gasteiger partial charge is 0.00506 e. The highest BCUT2D eigenvalue weighted by Crippen LogP contribution is 1.99. The standard InChI is InChI=1S/C12H15/c1-2-4-6-8-10-12-11-9-7-5-3-1/h1-9H,10-12H2/b4-2+,5-3+,8-6-,9-7-. The molecule has 0 amide bonds. The molecule has 0 saturated heterocycles. The van der Waals surface area contributed by atoms with E-state index in [9.17, 15) is 0 Å². The van der Waals surface area contributed by atoms with E-state index in [-0.39, 0.29) is 0 Å². The van der Waals surface area contributed by atoms with Gasteiger partial charge in [-0.15, -0.1) is 0 Å². The molecule has 63 valence electrons. The van der Waals surface area contributed by atoms with Crippen LogP contribution in [0.3, 0.4) is 0 Å². The van der Waals surface area contributed by atoms with Crippen LogP contribution >= 0.6 is 0 Å². The van der Waals surface area contributed by atoms with E-state index < -0.39 is 0 Å². The molecular formula is C12H15. The van der Waals surface area contributed by atoms with E-state index in [1.807, 2.05) is 18.6 Å². The topological polar surface area (TPSA) is 0 Å². The van der Waals surface area contributed by atoms with Crippen molar-refractivity contribution in [2.24, 2.45) is 0 Å². The third-order valence-electron chi connectivity index (χ3n) is 1.68. The largest absolute Gasteiger partial charge is 0.0845 e. The number of rotatable bonds is 0. The highest BCUT2D eigenvalue weighted by Gasteiger charge is 1.79. The second-order valence-corrected chi connectivity index (χ2v) is 2.75. The third-order valence-corrected chi connectivity index (χ3v) is 1.68. The Bertz CT molecular complexity index is 182. The molecule has 1 aliphatic rings. The molecule has 0 aromatic carbocycles. The van der Waals surface area contributed by atoms with Gasteiger partial charge in [0.1, 0.15) is 0 Å². The monoisotopic (exact) mass is 159 g/mol. The van der Waals surface area contributed by atoms with Crippen LogP contribution < -0.4 is 0 Å². The summed E-state index contributed by atoms with van der Waals surface area (Å²) in [6, 6.07) is 0. The molecule has 0 heteroatoms. The molecule has 0 N–H and O–H groups in total. The Morgan fingerprint density at radius 3 is 1.75 bits per heavy atom. The van der Waals surface area contributed by atoms with E-state index in [2.05, 4.69) is 36.5 Å². The number of hydrogen-bond donors (Lipinski definition) is 0. The van der Waals surface area contributed by atoms with Crippen molar-refractivity contribution < 1.29 is 0 Å². The van der Waals surface area contributed by atoms with Crippen LogP contribution in [0.25, 0.3) is 0 Å². The van der Waals surface area contributed by atoms with Crippen LogP contribution in [0.4, 0.5) is 0 Å². The van der Waals surface area contributed by atoms with E-state index in [4.69, 9.17) is 0 Å². The summed E-state index contributed by atoms with van der Waals surface area (Å²) in [6.07, 6.45) is 22.5. The van der Waals surface area contributed by atoms with Gasteiger partial charge in [-0.3, -0.25) is 0 Å². The molecule has 1 radical (unpaired) electrons. The lowest BCUT2D eigenvalue weighted by Crippen LogP contribution is -1.69. The fourth-order valence-electron chi connectivity index (χ4n) is 1.02. The lowest BCUT2D eigenvalue weighted by Gasteiger charge is -1.89. The number of hydrogen-bond acceptors (Lipinski definition) is 0. The van der Waals surface area contributed by atoms with Crippen molar-refractivity contribution in [3.63, 3.8) is 0 Å². The Morgan fingerprint density at radius 1 is 0.583 bits per heavy atom.